The smallest absolute Gasteiger partial charge is 0.416 e. The van der Waals surface area contributed by atoms with E-state index >= 15 is 0 Å². The lowest BCUT2D eigenvalue weighted by atomic mass is 10.1. The quantitative estimate of drug-likeness (QED) is 0.267. The fourth-order valence-corrected chi connectivity index (χ4v) is 2.77. The molecule has 30 heavy (non-hydrogen) atoms. The first kappa shape index (κ1) is 25.9. The average molecular weight is 537 g/mol. The number of alkyl halides is 3. The number of benzene rings is 2. The van der Waals surface area contributed by atoms with Gasteiger partial charge in [-0.1, -0.05) is 18.2 Å². The Balaban J connectivity index is 0.00000450. The maximum Gasteiger partial charge on any atom is 0.416 e. The van der Waals surface area contributed by atoms with E-state index < -0.39 is 11.7 Å². The van der Waals surface area contributed by atoms with Crippen LogP contribution >= 0.6 is 24.0 Å². The molecular weight excluding hydrogens is 510 g/mol. The first-order chi connectivity index (χ1) is 13.7. The molecule has 166 valence electrons. The fraction of sp³-hybridized carbons (Fsp3) is 0.381. The topological polar surface area (TPSA) is 65.9 Å². The van der Waals surface area contributed by atoms with Gasteiger partial charge >= 0.3 is 6.18 Å². The zero-order valence-corrected chi connectivity index (χ0v) is 19.4. The van der Waals surface area contributed by atoms with Crippen LogP contribution in [0.3, 0.4) is 0 Å². The van der Waals surface area contributed by atoms with Crippen LogP contribution in [0.15, 0.2) is 47.5 Å². The molecule has 0 aromatic heterocycles. The van der Waals surface area contributed by atoms with Gasteiger partial charge in [-0.05, 0) is 55.7 Å². The van der Waals surface area contributed by atoms with Gasteiger partial charge < -0.3 is 20.5 Å². The summed E-state index contributed by atoms with van der Waals surface area (Å²) in [6, 6.07) is 10.00. The molecule has 2 aromatic rings. The molecule has 0 spiro atoms. The van der Waals surface area contributed by atoms with Gasteiger partial charge in [0.1, 0.15) is 0 Å². The molecule has 0 aliphatic carbocycles. The Bertz CT molecular complexity index is 844. The van der Waals surface area contributed by atoms with Crippen LogP contribution in [0.2, 0.25) is 0 Å². The summed E-state index contributed by atoms with van der Waals surface area (Å²) in [5, 5.41) is 15.9. The number of aromatic hydroxyl groups is 1. The Kier molecular flexibility index (Phi) is 10.2. The molecule has 0 radical (unpaired) electrons. The maximum atomic E-state index is 12.9. The Morgan fingerprint density at radius 2 is 1.93 bits per heavy atom. The van der Waals surface area contributed by atoms with Crippen molar-refractivity contribution in [1.82, 2.24) is 10.6 Å². The molecule has 5 nitrogen and oxygen atoms in total. The minimum absolute atomic E-state index is 0. The molecule has 0 fully saturated rings. The Hall–Kier alpha value is -2.17. The van der Waals surface area contributed by atoms with Crippen molar-refractivity contribution in [1.29, 1.82) is 0 Å². The number of phenols is 1. The Labute approximate surface area is 191 Å². The minimum Gasteiger partial charge on any atom is -0.504 e. The highest BCUT2D eigenvalue weighted by molar-refractivity contribution is 14.0. The fourth-order valence-electron chi connectivity index (χ4n) is 2.77. The van der Waals surface area contributed by atoms with Gasteiger partial charge in [0.05, 0.1) is 18.7 Å². The molecule has 0 amide bonds. The van der Waals surface area contributed by atoms with Crippen molar-refractivity contribution in [2.24, 2.45) is 4.99 Å². The molecule has 1 unspecified atom stereocenters. The van der Waals surface area contributed by atoms with Gasteiger partial charge in [0.25, 0.3) is 0 Å². The number of hydrogen-bond donors (Lipinski definition) is 3. The summed E-state index contributed by atoms with van der Waals surface area (Å²) < 4.78 is 43.9. The van der Waals surface area contributed by atoms with E-state index in [1.807, 2.05) is 6.92 Å². The van der Waals surface area contributed by atoms with Crippen LogP contribution in [0.4, 0.5) is 13.2 Å². The third kappa shape index (κ3) is 7.58. The van der Waals surface area contributed by atoms with Crippen molar-refractivity contribution in [3.63, 3.8) is 0 Å². The van der Waals surface area contributed by atoms with Crippen LogP contribution in [-0.4, -0.2) is 31.3 Å². The van der Waals surface area contributed by atoms with Crippen molar-refractivity contribution in [2.75, 3.05) is 20.2 Å². The zero-order valence-electron chi connectivity index (χ0n) is 17.1. The number of rotatable bonds is 7. The van der Waals surface area contributed by atoms with Crippen LogP contribution in [0.5, 0.6) is 11.5 Å². The molecule has 0 aliphatic heterocycles. The molecule has 0 saturated carbocycles. The molecule has 0 heterocycles. The third-order valence-electron chi connectivity index (χ3n) is 4.33. The summed E-state index contributed by atoms with van der Waals surface area (Å²) in [7, 11) is 1.49. The van der Waals surface area contributed by atoms with Gasteiger partial charge in [-0.3, -0.25) is 4.99 Å². The van der Waals surface area contributed by atoms with Gasteiger partial charge in [-0.2, -0.15) is 13.2 Å². The van der Waals surface area contributed by atoms with Crippen molar-refractivity contribution in [2.45, 2.75) is 32.5 Å². The highest BCUT2D eigenvalue weighted by Gasteiger charge is 2.30. The Morgan fingerprint density at radius 1 is 1.20 bits per heavy atom. The molecule has 3 N–H and O–H groups in total. The molecule has 2 rings (SSSR count). The first-order valence-electron chi connectivity index (χ1n) is 9.32. The molecule has 0 bridgehead atoms. The second-order valence-corrected chi connectivity index (χ2v) is 6.51. The van der Waals surface area contributed by atoms with Crippen molar-refractivity contribution in [3.8, 4) is 11.5 Å². The highest BCUT2D eigenvalue weighted by Crippen LogP contribution is 2.30. The number of aliphatic imine (C=N–C) groups is 1. The van der Waals surface area contributed by atoms with E-state index in [1.54, 1.807) is 31.2 Å². The second-order valence-electron chi connectivity index (χ2n) is 6.51. The first-order valence-corrected chi connectivity index (χ1v) is 9.32. The molecule has 0 aliphatic rings. The number of nitrogens with one attached hydrogen (secondary N) is 2. The van der Waals surface area contributed by atoms with Crippen LogP contribution in [0.1, 0.15) is 36.6 Å². The zero-order chi connectivity index (χ0) is 21.4. The minimum atomic E-state index is -4.38. The van der Waals surface area contributed by atoms with E-state index in [9.17, 15) is 18.3 Å². The van der Waals surface area contributed by atoms with Gasteiger partial charge in [-0.25, -0.2) is 0 Å². The van der Waals surface area contributed by atoms with Crippen molar-refractivity contribution < 1.29 is 23.0 Å². The molecule has 1 atom stereocenters. The Morgan fingerprint density at radius 3 is 2.57 bits per heavy atom. The molecule has 2 aromatic carbocycles. The largest absolute Gasteiger partial charge is 0.504 e. The molecular formula is C21H27F3IN3O2. The number of guanidine groups is 1. The van der Waals surface area contributed by atoms with Crippen molar-refractivity contribution >= 4 is 29.9 Å². The standard InChI is InChI=1S/C21H26F3N3O2.HI/c1-4-25-20(26-11-10-15-8-9-18(28)19(12-15)29-3)27-14(2)16-6-5-7-17(13-16)21(22,23)24;/h5-9,12-14,28H,4,10-11H2,1-3H3,(H2,25,26,27);1H. The second kappa shape index (κ2) is 11.9. The highest BCUT2D eigenvalue weighted by atomic mass is 127. The van der Waals surface area contributed by atoms with E-state index in [2.05, 4.69) is 15.6 Å². The lowest BCUT2D eigenvalue weighted by Gasteiger charge is -2.19. The van der Waals surface area contributed by atoms with E-state index in [0.29, 0.717) is 36.8 Å². The van der Waals surface area contributed by atoms with Crippen LogP contribution < -0.4 is 15.4 Å². The lowest BCUT2D eigenvalue weighted by Crippen LogP contribution is -2.39. The summed E-state index contributed by atoms with van der Waals surface area (Å²) in [4.78, 5) is 4.49. The number of ether oxygens (including phenoxy) is 1. The van der Waals surface area contributed by atoms with Crippen LogP contribution in [0, 0.1) is 0 Å². The number of phenolic OH excluding ortho intramolecular Hbond substituents is 1. The van der Waals surface area contributed by atoms with Gasteiger partial charge in [0.15, 0.2) is 17.5 Å². The third-order valence-corrected chi connectivity index (χ3v) is 4.33. The molecule has 0 saturated heterocycles. The number of hydrogen-bond acceptors (Lipinski definition) is 3. The summed E-state index contributed by atoms with van der Waals surface area (Å²) in [6.45, 7) is 4.77. The number of halogens is 4. The summed E-state index contributed by atoms with van der Waals surface area (Å²) in [6.07, 6.45) is -3.76. The normalized spacial score (nSPS) is 12.7. The predicted octanol–water partition coefficient (Wildman–Crippen LogP) is 4.90. The number of nitrogens with zero attached hydrogens (tertiary/aromatic N) is 1. The van der Waals surface area contributed by atoms with Gasteiger partial charge in [0.2, 0.25) is 0 Å². The van der Waals surface area contributed by atoms with E-state index in [-0.39, 0.29) is 35.8 Å². The summed E-state index contributed by atoms with van der Waals surface area (Å²) in [5.41, 5.74) is 0.797. The summed E-state index contributed by atoms with van der Waals surface area (Å²) >= 11 is 0. The maximum absolute atomic E-state index is 12.9. The SMILES string of the molecule is CCNC(=NCCc1ccc(O)c(OC)c1)NC(C)c1cccc(C(F)(F)F)c1.I. The van der Waals surface area contributed by atoms with Crippen molar-refractivity contribution in [3.05, 3.63) is 59.2 Å². The van der Waals surface area contributed by atoms with E-state index in [4.69, 9.17) is 4.74 Å². The monoisotopic (exact) mass is 537 g/mol. The van der Waals surface area contributed by atoms with Crippen LogP contribution in [-0.2, 0) is 12.6 Å². The predicted molar refractivity (Wildman–Crippen MR) is 123 cm³/mol. The van der Waals surface area contributed by atoms with E-state index in [0.717, 1.165) is 17.7 Å². The number of methoxy groups -OCH3 is 1. The molecule has 9 heteroatoms. The average Bonchev–Trinajstić information content (AvgIpc) is 2.68. The van der Waals surface area contributed by atoms with Gasteiger partial charge in [-0.15, -0.1) is 24.0 Å². The lowest BCUT2D eigenvalue weighted by molar-refractivity contribution is -0.137. The van der Waals surface area contributed by atoms with Gasteiger partial charge in [0, 0.05) is 13.1 Å². The summed E-state index contributed by atoms with van der Waals surface area (Å²) in [5.74, 6) is 0.988. The van der Waals surface area contributed by atoms with Crippen LogP contribution in [0.25, 0.3) is 0 Å². The van der Waals surface area contributed by atoms with E-state index in [1.165, 1.54) is 13.2 Å².